The normalized spacial score (nSPS) is 34.9. The number of ether oxygens (including phenoxy) is 2. The van der Waals surface area contributed by atoms with Gasteiger partial charge in [0.05, 0.1) is 6.61 Å². The van der Waals surface area contributed by atoms with Crippen LogP contribution in [-0.2, 0) is 19.1 Å². The molecule has 0 aromatic carbocycles. The SMILES string of the molecule is CO[C@H]1OC(CO)[C@@H](O)C(=O)C1NC(C)=O. The van der Waals surface area contributed by atoms with Crippen LogP contribution in [-0.4, -0.2) is 60.2 Å². The molecule has 2 unspecified atom stereocenters. The molecule has 0 aliphatic carbocycles. The molecule has 1 amide bonds. The van der Waals surface area contributed by atoms with Crippen molar-refractivity contribution < 1.29 is 29.3 Å². The number of carbonyl (C=O) groups excluding carboxylic acids is 2. The molecule has 3 N–H and O–H groups in total. The minimum absolute atomic E-state index is 0.432. The van der Waals surface area contributed by atoms with Crippen molar-refractivity contribution in [1.29, 1.82) is 0 Å². The van der Waals surface area contributed by atoms with Gasteiger partial charge in [0.1, 0.15) is 18.2 Å². The predicted octanol–water partition coefficient (Wildman–Crippen LogP) is -2.22. The summed E-state index contributed by atoms with van der Waals surface area (Å²) in [6.45, 7) is 0.740. The van der Waals surface area contributed by atoms with E-state index >= 15 is 0 Å². The minimum atomic E-state index is -1.46. The first kappa shape index (κ1) is 13.0. The van der Waals surface area contributed by atoms with Crippen LogP contribution in [0.25, 0.3) is 0 Å². The Morgan fingerprint density at radius 2 is 2.25 bits per heavy atom. The minimum Gasteiger partial charge on any atom is -0.394 e. The van der Waals surface area contributed by atoms with Crippen molar-refractivity contribution in [3.63, 3.8) is 0 Å². The van der Waals surface area contributed by atoms with Crippen molar-refractivity contribution in [3.8, 4) is 0 Å². The van der Waals surface area contributed by atoms with Crippen molar-refractivity contribution in [2.24, 2.45) is 0 Å². The Balaban J connectivity index is 2.81. The van der Waals surface area contributed by atoms with Gasteiger partial charge in [0, 0.05) is 14.0 Å². The van der Waals surface area contributed by atoms with Crippen LogP contribution in [0.1, 0.15) is 6.92 Å². The number of carbonyl (C=O) groups is 2. The van der Waals surface area contributed by atoms with E-state index < -0.39 is 42.8 Å². The number of rotatable bonds is 3. The zero-order chi connectivity index (χ0) is 12.3. The van der Waals surface area contributed by atoms with Gasteiger partial charge in [0.15, 0.2) is 12.1 Å². The standard InChI is InChI=1S/C9H15NO6/c1-4(12)10-6-8(14)7(13)5(3-11)16-9(6)15-2/h5-7,9,11,13H,3H2,1-2H3,(H,10,12)/t5?,6?,7-,9+/m1/s1. The number of Topliss-reactive ketones (excluding diaryl/α,β-unsaturated/α-hetero) is 1. The summed E-state index contributed by atoms with van der Waals surface area (Å²) in [7, 11) is 1.30. The fourth-order valence-corrected chi connectivity index (χ4v) is 1.52. The van der Waals surface area contributed by atoms with Gasteiger partial charge >= 0.3 is 0 Å². The van der Waals surface area contributed by atoms with E-state index in [1.807, 2.05) is 0 Å². The van der Waals surface area contributed by atoms with E-state index in [1.165, 1.54) is 14.0 Å². The van der Waals surface area contributed by atoms with Crippen molar-refractivity contribution in [2.75, 3.05) is 13.7 Å². The smallest absolute Gasteiger partial charge is 0.217 e. The molecule has 0 aromatic heterocycles. The molecular formula is C9H15NO6. The van der Waals surface area contributed by atoms with Gasteiger partial charge in [0.2, 0.25) is 5.91 Å². The molecule has 1 rings (SSSR count). The summed E-state index contributed by atoms with van der Waals surface area (Å²) in [4.78, 5) is 22.5. The number of hydrogen-bond acceptors (Lipinski definition) is 6. The fraction of sp³-hybridized carbons (Fsp3) is 0.778. The Morgan fingerprint density at radius 1 is 1.62 bits per heavy atom. The molecule has 1 aliphatic rings. The number of methoxy groups -OCH3 is 1. The third kappa shape index (κ3) is 2.56. The first-order chi connectivity index (χ1) is 7.51. The van der Waals surface area contributed by atoms with E-state index in [9.17, 15) is 14.7 Å². The highest BCUT2D eigenvalue weighted by molar-refractivity contribution is 5.92. The molecule has 1 saturated heterocycles. The van der Waals surface area contributed by atoms with Gasteiger partial charge in [-0.25, -0.2) is 0 Å². The summed E-state index contributed by atoms with van der Waals surface area (Å²) in [5.74, 6) is -1.06. The quantitative estimate of drug-likeness (QED) is 0.510. The molecule has 0 bridgehead atoms. The van der Waals surface area contributed by atoms with Gasteiger partial charge in [-0.05, 0) is 0 Å². The third-order valence-electron chi connectivity index (χ3n) is 2.30. The van der Waals surface area contributed by atoms with Crippen LogP contribution in [0.5, 0.6) is 0 Å². The molecule has 0 aromatic rings. The average Bonchev–Trinajstić information content (AvgIpc) is 2.25. The van der Waals surface area contributed by atoms with Crippen molar-refractivity contribution in [1.82, 2.24) is 5.32 Å². The third-order valence-corrected chi connectivity index (χ3v) is 2.30. The highest BCUT2D eigenvalue weighted by Crippen LogP contribution is 2.18. The summed E-state index contributed by atoms with van der Waals surface area (Å²) in [6.07, 6.45) is -3.49. The Morgan fingerprint density at radius 3 is 2.69 bits per heavy atom. The maximum absolute atomic E-state index is 11.7. The molecule has 1 aliphatic heterocycles. The van der Waals surface area contributed by atoms with Gasteiger partial charge < -0.3 is 25.0 Å². The lowest BCUT2D eigenvalue weighted by atomic mass is 9.99. The second-order valence-electron chi connectivity index (χ2n) is 3.49. The Hall–Kier alpha value is -1.02. The fourth-order valence-electron chi connectivity index (χ4n) is 1.52. The molecule has 1 fully saturated rings. The lowest BCUT2D eigenvalue weighted by Gasteiger charge is -2.36. The van der Waals surface area contributed by atoms with Gasteiger partial charge in [-0.15, -0.1) is 0 Å². The Labute approximate surface area is 92.3 Å². The molecule has 92 valence electrons. The molecule has 0 radical (unpaired) electrons. The molecule has 16 heavy (non-hydrogen) atoms. The van der Waals surface area contributed by atoms with Crippen LogP contribution in [0.3, 0.4) is 0 Å². The molecule has 7 heteroatoms. The molecule has 1 heterocycles. The Bertz CT molecular complexity index is 281. The summed E-state index contributed by atoms with van der Waals surface area (Å²) in [5.41, 5.74) is 0. The number of aliphatic hydroxyl groups is 2. The maximum Gasteiger partial charge on any atom is 0.217 e. The number of nitrogens with one attached hydrogen (secondary N) is 1. The zero-order valence-corrected chi connectivity index (χ0v) is 9.04. The summed E-state index contributed by atoms with van der Waals surface area (Å²) >= 11 is 0. The average molecular weight is 233 g/mol. The van der Waals surface area contributed by atoms with Crippen LogP contribution in [0.15, 0.2) is 0 Å². The van der Waals surface area contributed by atoms with Gasteiger partial charge in [0.25, 0.3) is 0 Å². The van der Waals surface area contributed by atoms with E-state index in [4.69, 9.17) is 14.6 Å². The van der Waals surface area contributed by atoms with Crippen molar-refractivity contribution >= 4 is 11.7 Å². The van der Waals surface area contributed by atoms with Gasteiger partial charge in [-0.3, -0.25) is 9.59 Å². The maximum atomic E-state index is 11.7. The number of hydrogen-bond donors (Lipinski definition) is 3. The van der Waals surface area contributed by atoms with Gasteiger partial charge in [-0.2, -0.15) is 0 Å². The number of amides is 1. The highest BCUT2D eigenvalue weighted by Gasteiger charge is 2.44. The van der Waals surface area contributed by atoms with E-state index in [0.717, 1.165) is 0 Å². The molecular weight excluding hydrogens is 218 g/mol. The zero-order valence-electron chi connectivity index (χ0n) is 9.04. The summed E-state index contributed by atoms with van der Waals surface area (Å²) in [5, 5.41) is 20.7. The highest BCUT2D eigenvalue weighted by atomic mass is 16.7. The lowest BCUT2D eigenvalue weighted by Crippen LogP contribution is -2.62. The van der Waals surface area contributed by atoms with Crippen molar-refractivity contribution in [3.05, 3.63) is 0 Å². The number of aliphatic hydroxyl groups excluding tert-OH is 2. The summed E-state index contributed by atoms with van der Waals surface area (Å²) < 4.78 is 10.00. The Kier molecular flexibility index (Phi) is 4.36. The first-order valence-corrected chi connectivity index (χ1v) is 4.79. The van der Waals surface area contributed by atoms with Crippen LogP contribution >= 0.6 is 0 Å². The van der Waals surface area contributed by atoms with Crippen molar-refractivity contribution in [2.45, 2.75) is 31.5 Å². The van der Waals surface area contributed by atoms with Crippen LogP contribution < -0.4 is 5.32 Å². The van der Waals surface area contributed by atoms with Crippen LogP contribution in [0.4, 0.5) is 0 Å². The van der Waals surface area contributed by atoms with E-state index in [0.29, 0.717) is 0 Å². The largest absolute Gasteiger partial charge is 0.394 e. The number of ketones is 1. The van der Waals surface area contributed by atoms with E-state index in [-0.39, 0.29) is 0 Å². The monoisotopic (exact) mass is 233 g/mol. The van der Waals surface area contributed by atoms with Crippen LogP contribution in [0, 0.1) is 0 Å². The van der Waals surface area contributed by atoms with E-state index in [1.54, 1.807) is 0 Å². The van der Waals surface area contributed by atoms with Gasteiger partial charge in [-0.1, -0.05) is 0 Å². The molecule has 7 nitrogen and oxygen atoms in total. The summed E-state index contributed by atoms with van der Waals surface area (Å²) in [6, 6.07) is -1.06. The molecule has 0 spiro atoms. The lowest BCUT2D eigenvalue weighted by molar-refractivity contribution is -0.224. The van der Waals surface area contributed by atoms with Crippen LogP contribution in [0.2, 0.25) is 0 Å². The second-order valence-corrected chi connectivity index (χ2v) is 3.49. The second kappa shape index (κ2) is 5.35. The topological polar surface area (TPSA) is 105 Å². The molecule has 4 atom stereocenters. The predicted molar refractivity (Wildman–Crippen MR) is 51.4 cm³/mol. The molecule has 0 saturated carbocycles. The van der Waals surface area contributed by atoms with E-state index in [2.05, 4.69) is 5.32 Å². The first-order valence-electron chi connectivity index (χ1n) is 4.79.